The summed E-state index contributed by atoms with van der Waals surface area (Å²) in [6.07, 6.45) is 3.72. The first kappa shape index (κ1) is 10.9. The molecule has 0 aliphatic carbocycles. The Labute approximate surface area is 98.1 Å². The molecule has 0 aliphatic rings. The van der Waals surface area contributed by atoms with Crippen LogP contribution in [0.3, 0.4) is 0 Å². The van der Waals surface area contributed by atoms with E-state index in [1.807, 2.05) is 28.4 Å². The van der Waals surface area contributed by atoms with Crippen LogP contribution in [0.1, 0.15) is 10.4 Å². The minimum atomic E-state index is 0.744. The van der Waals surface area contributed by atoms with Gasteiger partial charge in [-0.1, -0.05) is 0 Å². The minimum absolute atomic E-state index is 0.744. The zero-order valence-electron chi connectivity index (χ0n) is 8.76. The van der Waals surface area contributed by atoms with Gasteiger partial charge in [0.25, 0.3) is 0 Å². The molecule has 2 heterocycles. The summed E-state index contributed by atoms with van der Waals surface area (Å²) in [5, 5.41) is 18.0. The van der Waals surface area contributed by atoms with Gasteiger partial charge in [-0.3, -0.25) is 4.68 Å². The third-order valence-electron chi connectivity index (χ3n) is 2.16. The topological polar surface area (TPSA) is 53.6 Å². The van der Waals surface area contributed by atoms with E-state index in [0.717, 1.165) is 25.2 Å². The van der Waals surface area contributed by atoms with Gasteiger partial charge in [0.2, 0.25) is 0 Å². The molecule has 0 amide bonds. The lowest BCUT2D eigenvalue weighted by atomic mass is 10.3. The van der Waals surface area contributed by atoms with Crippen LogP contribution in [0.15, 0.2) is 29.9 Å². The van der Waals surface area contributed by atoms with Crippen molar-refractivity contribution in [2.45, 2.75) is 13.1 Å². The van der Waals surface area contributed by atoms with Crippen LogP contribution in [-0.2, 0) is 13.1 Å². The number of nitriles is 1. The van der Waals surface area contributed by atoms with E-state index in [-0.39, 0.29) is 0 Å². The summed E-state index contributed by atoms with van der Waals surface area (Å²) in [7, 11) is 0. The average Bonchev–Trinajstić information content (AvgIpc) is 2.95. The van der Waals surface area contributed by atoms with E-state index in [1.165, 1.54) is 4.88 Å². The molecule has 0 aromatic carbocycles. The van der Waals surface area contributed by atoms with E-state index in [4.69, 9.17) is 5.26 Å². The molecule has 2 aromatic heterocycles. The highest BCUT2D eigenvalue weighted by atomic mass is 32.1. The van der Waals surface area contributed by atoms with E-state index < -0.39 is 0 Å². The number of aromatic nitrogens is 2. The van der Waals surface area contributed by atoms with Crippen LogP contribution in [0, 0.1) is 11.3 Å². The number of hydrogen-bond donors (Lipinski definition) is 1. The fourth-order valence-electron chi connectivity index (χ4n) is 1.37. The normalized spacial score (nSPS) is 10.2. The van der Waals surface area contributed by atoms with Gasteiger partial charge in [0.15, 0.2) is 0 Å². The molecule has 0 aliphatic heterocycles. The Kier molecular flexibility index (Phi) is 3.70. The van der Waals surface area contributed by atoms with Crippen molar-refractivity contribution in [3.05, 3.63) is 40.3 Å². The van der Waals surface area contributed by atoms with Crippen LogP contribution in [0.25, 0.3) is 0 Å². The van der Waals surface area contributed by atoms with Crippen LogP contribution < -0.4 is 5.32 Å². The Hall–Kier alpha value is -1.64. The molecule has 5 heteroatoms. The Morgan fingerprint density at radius 1 is 1.56 bits per heavy atom. The highest BCUT2D eigenvalue weighted by Crippen LogP contribution is 2.12. The fourth-order valence-corrected chi connectivity index (χ4v) is 2.15. The SMILES string of the molecule is N#Cc1csc(CNCCn2cccn2)c1. The Morgan fingerprint density at radius 3 is 3.19 bits per heavy atom. The maximum absolute atomic E-state index is 8.67. The third-order valence-corrected chi connectivity index (χ3v) is 3.10. The molecule has 0 radical (unpaired) electrons. The first-order chi connectivity index (χ1) is 7.88. The summed E-state index contributed by atoms with van der Waals surface area (Å²) >= 11 is 1.61. The molecule has 4 nitrogen and oxygen atoms in total. The first-order valence-corrected chi connectivity index (χ1v) is 5.92. The molecule has 0 saturated carbocycles. The van der Waals surface area contributed by atoms with E-state index in [9.17, 15) is 0 Å². The van der Waals surface area contributed by atoms with Gasteiger partial charge in [0.05, 0.1) is 12.1 Å². The number of hydrogen-bond acceptors (Lipinski definition) is 4. The summed E-state index contributed by atoms with van der Waals surface area (Å²) in [6, 6.07) is 5.97. The highest BCUT2D eigenvalue weighted by Gasteiger charge is 1.98. The van der Waals surface area contributed by atoms with Gasteiger partial charge in [-0.25, -0.2) is 0 Å². The summed E-state index contributed by atoms with van der Waals surface area (Å²) in [4.78, 5) is 1.19. The molecule has 82 valence electrons. The zero-order chi connectivity index (χ0) is 11.2. The van der Waals surface area contributed by atoms with Crippen molar-refractivity contribution in [2.24, 2.45) is 0 Å². The molecular weight excluding hydrogens is 220 g/mol. The molecule has 16 heavy (non-hydrogen) atoms. The summed E-state index contributed by atoms with van der Waals surface area (Å²) in [6.45, 7) is 2.55. The number of nitrogens with zero attached hydrogens (tertiary/aromatic N) is 3. The summed E-state index contributed by atoms with van der Waals surface area (Å²) < 4.78 is 1.89. The van der Waals surface area contributed by atoms with E-state index in [0.29, 0.717) is 0 Å². The lowest BCUT2D eigenvalue weighted by Gasteiger charge is -2.02. The predicted molar refractivity (Wildman–Crippen MR) is 63.0 cm³/mol. The second kappa shape index (κ2) is 5.45. The predicted octanol–water partition coefficient (Wildman–Crippen LogP) is 1.61. The molecule has 2 rings (SSSR count). The number of rotatable bonds is 5. The Morgan fingerprint density at radius 2 is 2.50 bits per heavy atom. The zero-order valence-corrected chi connectivity index (χ0v) is 9.57. The van der Waals surface area contributed by atoms with Crippen LogP contribution in [0.2, 0.25) is 0 Å². The van der Waals surface area contributed by atoms with Crippen LogP contribution in [-0.4, -0.2) is 16.3 Å². The molecular formula is C11H12N4S. The number of nitrogens with one attached hydrogen (secondary N) is 1. The monoisotopic (exact) mass is 232 g/mol. The molecule has 0 fully saturated rings. The Bertz CT molecular complexity index is 466. The van der Waals surface area contributed by atoms with E-state index >= 15 is 0 Å². The lowest BCUT2D eigenvalue weighted by Crippen LogP contribution is -2.19. The largest absolute Gasteiger partial charge is 0.310 e. The van der Waals surface area contributed by atoms with E-state index in [2.05, 4.69) is 16.5 Å². The van der Waals surface area contributed by atoms with Crippen LogP contribution in [0.5, 0.6) is 0 Å². The molecule has 2 aromatic rings. The number of thiophene rings is 1. The second-order valence-electron chi connectivity index (χ2n) is 3.36. The van der Waals surface area contributed by atoms with E-state index in [1.54, 1.807) is 17.5 Å². The fraction of sp³-hybridized carbons (Fsp3) is 0.273. The van der Waals surface area contributed by atoms with Gasteiger partial charge < -0.3 is 5.32 Å². The average molecular weight is 232 g/mol. The van der Waals surface area contributed by atoms with Crippen molar-refractivity contribution in [3.8, 4) is 6.07 Å². The third kappa shape index (κ3) is 2.92. The van der Waals surface area contributed by atoms with Gasteiger partial charge in [-0.2, -0.15) is 10.4 Å². The van der Waals surface area contributed by atoms with Crippen molar-refractivity contribution in [3.63, 3.8) is 0 Å². The van der Waals surface area contributed by atoms with Crippen molar-refractivity contribution in [1.82, 2.24) is 15.1 Å². The molecule has 1 N–H and O–H groups in total. The van der Waals surface area contributed by atoms with Crippen molar-refractivity contribution in [2.75, 3.05) is 6.54 Å². The minimum Gasteiger partial charge on any atom is -0.310 e. The second-order valence-corrected chi connectivity index (χ2v) is 4.36. The maximum atomic E-state index is 8.67. The standard InChI is InChI=1S/C11H12N4S/c12-7-10-6-11(16-9-10)8-13-3-5-15-4-1-2-14-15/h1-2,4,6,9,13H,3,5,8H2. The first-order valence-electron chi connectivity index (χ1n) is 5.04. The van der Waals surface area contributed by atoms with Crippen molar-refractivity contribution in [1.29, 1.82) is 5.26 Å². The van der Waals surface area contributed by atoms with Crippen molar-refractivity contribution < 1.29 is 0 Å². The summed E-state index contributed by atoms with van der Waals surface area (Å²) in [5.41, 5.74) is 0.744. The Balaban J connectivity index is 1.70. The van der Waals surface area contributed by atoms with Gasteiger partial charge in [0.1, 0.15) is 6.07 Å². The molecule has 0 spiro atoms. The summed E-state index contributed by atoms with van der Waals surface area (Å²) in [5.74, 6) is 0. The van der Waals surface area contributed by atoms with Gasteiger partial charge in [-0.05, 0) is 12.1 Å². The smallest absolute Gasteiger partial charge is 0.100 e. The van der Waals surface area contributed by atoms with Gasteiger partial charge in [-0.15, -0.1) is 11.3 Å². The quantitative estimate of drug-likeness (QED) is 0.797. The van der Waals surface area contributed by atoms with Crippen LogP contribution >= 0.6 is 11.3 Å². The van der Waals surface area contributed by atoms with Gasteiger partial charge >= 0.3 is 0 Å². The maximum Gasteiger partial charge on any atom is 0.100 e. The lowest BCUT2D eigenvalue weighted by molar-refractivity contribution is 0.557. The molecule has 0 saturated heterocycles. The molecule has 0 unspecified atom stereocenters. The van der Waals surface area contributed by atoms with Crippen LogP contribution in [0.4, 0.5) is 0 Å². The van der Waals surface area contributed by atoms with Gasteiger partial charge in [0, 0.05) is 35.7 Å². The van der Waals surface area contributed by atoms with Crippen molar-refractivity contribution >= 4 is 11.3 Å². The molecule has 0 bridgehead atoms. The highest BCUT2D eigenvalue weighted by molar-refractivity contribution is 7.10. The molecule has 0 atom stereocenters.